The van der Waals surface area contributed by atoms with E-state index in [0.717, 1.165) is 17.8 Å². The van der Waals surface area contributed by atoms with Crippen molar-refractivity contribution < 1.29 is 14.0 Å². The third-order valence-corrected chi connectivity index (χ3v) is 4.57. The number of aryl methyl sites for hydroxylation is 1. The van der Waals surface area contributed by atoms with Gasteiger partial charge in [0.2, 0.25) is 5.91 Å². The summed E-state index contributed by atoms with van der Waals surface area (Å²) in [6, 6.07) is 4.20. The van der Waals surface area contributed by atoms with Gasteiger partial charge in [-0.2, -0.15) is 0 Å². The van der Waals surface area contributed by atoms with E-state index in [1.807, 2.05) is 20.8 Å². The van der Waals surface area contributed by atoms with Gasteiger partial charge in [-0.25, -0.2) is 4.39 Å². The molecule has 1 aromatic heterocycles. The molecule has 3 rings (SSSR count). The maximum atomic E-state index is 13.6. The number of aromatic amines is 1. The van der Waals surface area contributed by atoms with Gasteiger partial charge in [-0.15, -0.1) is 0 Å². The first-order valence-corrected chi connectivity index (χ1v) is 8.93. The van der Waals surface area contributed by atoms with Crippen LogP contribution in [0.1, 0.15) is 35.9 Å². The van der Waals surface area contributed by atoms with E-state index < -0.39 is 5.82 Å². The number of nitrogens with one attached hydrogen (secondary N) is 4. The third-order valence-electron chi connectivity index (χ3n) is 4.57. The zero-order valence-corrected chi connectivity index (χ0v) is 15.6. The predicted molar refractivity (Wildman–Crippen MR) is 105 cm³/mol. The summed E-state index contributed by atoms with van der Waals surface area (Å²) in [7, 11) is 0. The number of H-pyrrole nitrogens is 1. The molecule has 1 aliphatic heterocycles. The summed E-state index contributed by atoms with van der Waals surface area (Å²) in [5.74, 6) is -0.756. The minimum atomic E-state index is -0.399. The second kappa shape index (κ2) is 7.75. The second-order valence-electron chi connectivity index (χ2n) is 6.52. The third kappa shape index (κ3) is 3.93. The molecule has 6 nitrogen and oxygen atoms in total. The average molecular weight is 370 g/mol. The Morgan fingerprint density at radius 1 is 1.30 bits per heavy atom. The van der Waals surface area contributed by atoms with Gasteiger partial charge in [-0.1, -0.05) is 6.92 Å². The number of benzene rings is 1. The molecular formula is C20H23FN4O2. The van der Waals surface area contributed by atoms with Crippen LogP contribution in [0.5, 0.6) is 0 Å². The predicted octanol–water partition coefficient (Wildman–Crippen LogP) is 3.20. The molecule has 2 amide bonds. The minimum Gasteiger partial charge on any atom is -0.357 e. The van der Waals surface area contributed by atoms with Gasteiger partial charge in [-0.05, 0) is 50.2 Å². The molecule has 0 saturated carbocycles. The van der Waals surface area contributed by atoms with Crippen LogP contribution in [0.2, 0.25) is 0 Å². The van der Waals surface area contributed by atoms with E-state index in [4.69, 9.17) is 0 Å². The Morgan fingerprint density at radius 2 is 2.07 bits per heavy atom. The van der Waals surface area contributed by atoms with Crippen molar-refractivity contribution in [2.45, 2.75) is 27.2 Å². The van der Waals surface area contributed by atoms with Crippen molar-refractivity contribution in [1.29, 1.82) is 0 Å². The van der Waals surface area contributed by atoms with E-state index in [0.29, 0.717) is 41.2 Å². The van der Waals surface area contributed by atoms with E-state index in [1.54, 1.807) is 12.1 Å². The van der Waals surface area contributed by atoms with E-state index in [9.17, 15) is 14.0 Å². The molecule has 4 N–H and O–H groups in total. The van der Waals surface area contributed by atoms with Crippen molar-refractivity contribution in [3.8, 4) is 0 Å². The highest BCUT2D eigenvalue weighted by molar-refractivity contribution is 6.34. The highest BCUT2D eigenvalue weighted by atomic mass is 19.1. The molecule has 0 aliphatic carbocycles. The number of carbonyl (C=O) groups excluding carboxylic acids is 2. The van der Waals surface area contributed by atoms with E-state index in [1.165, 1.54) is 12.1 Å². The molecule has 2 heterocycles. The highest BCUT2D eigenvalue weighted by Gasteiger charge is 2.25. The number of rotatable bonds is 6. The van der Waals surface area contributed by atoms with Crippen LogP contribution in [-0.2, 0) is 9.59 Å². The van der Waals surface area contributed by atoms with Gasteiger partial charge in [0, 0.05) is 35.6 Å². The summed E-state index contributed by atoms with van der Waals surface area (Å²) in [5, 5.41) is 8.77. The number of halogens is 1. The molecule has 7 heteroatoms. The monoisotopic (exact) mass is 370 g/mol. The van der Waals surface area contributed by atoms with Crippen LogP contribution >= 0.6 is 0 Å². The smallest absolute Gasteiger partial charge is 0.256 e. The molecular weight excluding hydrogens is 347 g/mol. The maximum absolute atomic E-state index is 13.6. The highest BCUT2D eigenvalue weighted by Crippen LogP contribution is 2.35. The first-order valence-electron chi connectivity index (χ1n) is 8.93. The molecule has 0 saturated heterocycles. The zero-order chi connectivity index (χ0) is 19.6. The molecule has 0 radical (unpaired) electrons. The Bertz CT molecular complexity index is 930. The summed E-state index contributed by atoms with van der Waals surface area (Å²) in [5.41, 5.74) is 4.55. The van der Waals surface area contributed by atoms with E-state index >= 15 is 0 Å². The van der Waals surface area contributed by atoms with Crippen molar-refractivity contribution in [3.05, 3.63) is 46.5 Å². The summed E-state index contributed by atoms with van der Waals surface area (Å²) in [4.78, 5) is 27.6. The van der Waals surface area contributed by atoms with E-state index in [2.05, 4.69) is 20.9 Å². The topological polar surface area (TPSA) is 86.0 Å². The SMILES string of the molecule is CCNCCC(=O)Nc1c(C)[nH]c(/C=C2\C(=O)Nc3ccc(F)cc32)c1C. The van der Waals surface area contributed by atoms with Crippen molar-refractivity contribution in [3.63, 3.8) is 0 Å². The number of fused-ring (bicyclic) bond motifs is 1. The Hall–Kier alpha value is -2.93. The number of carbonyl (C=O) groups is 2. The van der Waals surface area contributed by atoms with Gasteiger partial charge in [0.15, 0.2) is 0 Å². The molecule has 1 aromatic carbocycles. The number of amides is 2. The molecule has 0 spiro atoms. The molecule has 2 aromatic rings. The van der Waals surface area contributed by atoms with Gasteiger partial charge in [-0.3, -0.25) is 9.59 Å². The van der Waals surface area contributed by atoms with Crippen LogP contribution < -0.4 is 16.0 Å². The lowest BCUT2D eigenvalue weighted by molar-refractivity contribution is -0.116. The molecule has 142 valence electrons. The molecule has 27 heavy (non-hydrogen) atoms. The molecule has 0 bridgehead atoms. The molecule has 0 unspecified atom stereocenters. The van der Waals surface area contributed by atoms with Gasteiger partial charge in [0.05, 0.1) is 11.3 Å². The fourth-order valence-corrected chi connectivity index (χ4v) is 3.13. The van der Waals surface area contributed by atoms with Crippen LogP contribution in [0.25, 0.3) is 11.6 Å². The maximum Gasteiger partial charge on any atom is 0.256 e. The first-order chi connectivity index (χ1) is 12.9. The zero-order valence-electron chi connectivity index (χ0n) is 15.6. The van der Waals surface area contributed by atoms with Crippen LogP contribution in [0.4, 0.5) is 15.8 Å². The van der Waals surface area contributed by atoms with Crippen molar-refractivity contribution in [1.82, 2.24) is 10.3 Å². The van der Waals surface area contributed by atoms with Gasteiger partial charge in [0.1, 0.15) is 5.82 Å². The summed E-state index contributed by atoms with van der Waals surface area (Å²) >= 11 is 0. The Morgan fingerprint density at radius 3 is 2.81 bits per heavy atom. The molecule has 0 atom stereocenters. The van der Waals surface area contributed by atoms with Crippen LogP contribution in [0.3, 0.4) is 0 Å². The quantitative estimate of drug-likeness (QED) is 0.465. The number of aromatic nitrogens is 1. The number of hydrogen-bond donors (Lipinski definition) is 4. The van der Waals surface area contributed by atoms with Crippen LogP contribution in [0.15, 0.2) is 18.2 Å². The normalized spacial score (nSPS) is 14.4. The van der Waals surface area contributed by atoms with Crippen LogP contribution in [0, 0.1) is 19.7 Å². The standard InChI is InChI=1S/C20H23FN4O2/c1-4-22-8-7-18(26)25-19-11(2)17(23-12(19)3)10-15-14-9-13(21)5-6-16(14)24-20(15)27/h5-6,9-10,22-23H,4,7-8H2,1-3H3,(H,24,27)(H,25,26)/b15-10-. The second-order valence-corrected chi connectivity index (χ2v) is 6.52. The fourth-order valence-electron chi connectivity index (χ4n) is 3.13. The minimum absolute atomic E-state index is 0.0774. The summed E-state index contributed by atoms with van der Waals surface area (Å²) < 4.78 is 13.6. The lowest BCUT2D eigenvalue weighted by Crippen LogP contribution is -2.21. The fraction of sp³-hybridized carbons (Fsp3) is 0.300. The Balaban J connectivity index is 1.87. The first kappa shape index (κ1) is 18.8. The largest absolute Gasteiger partial charge is 0.357 e. The van der Waals surface area contributed by atoms with E-state index in [-0.39, 0.29) is 11.8 Å². The average Bonchev–Trinajstić information content (AvgIpc) is 3.06. The lowest BCUT2D eigenvalue weighted by Gasteiger charge is -2.06. The van der Waals surface area contributed by atoms with Gasteiger partial charge >= 0.3 is 0 Å². The lowest BCUT2D eigenvalue weighted by atomic mass is 10.0. The number of hydrogen-bond acceptors (Lipinski definition) is 3. The Labute approximate surface area is 157 Å². The molecule has 0 fully saturated rings. The van der Waals surface area contributed by atoms with Crippen molar-refractivity contribution >= 4 is 34.8 Å². The van der Waals surface area contributed by atoms with Crippen molar-refractivity contribution in [2.24, 2.45) is 0 Å². The summed E-state index contributed by atoms with van der Waals surface area (Å²) in [6.07, 6.45) is 2.07. The van der Waals surface area contributed by atoms with Gasteiger partial charge < -0.3 is 20.9 Å². The van der Waals surface area contributed by atoms with Gasteiger partial charge in [0.25, 0.3) is 5.91 Å². The molecule has 1 aliphatic rings. The Kier molecular flexibility index (Phi) is 5.41. The summed E-state index contributed by atoms with van der Waals surface area (Å²) in [6.45, 7) is 7.15. The number of anilines is 2. The van der Waals surface area contributed by atoms with Crippen LogP contribution in [-0.4, -0.2) is 29.9 Å². The van der Waals surface area contributed by atoms with Crippen molar-refractivity contribution in [2.75, 3.05) is 23.7 Å².